The van der Waals surface area contributed by atoms with E-state index in [9.17, 15) is 0 Å². The van der Waals surface area contributed by atoms with Gasteiger partial charge >= 0.3 is 0 Å². The Bertz CT molecular complexity index is 262. The summed E-state index contributed by atoms with van der Waals surface area (Å²) in [6, 6.07) is 0.594. The van der Waals surface area contributed by atoms with Crippen molar-refractivity contribution < 1.29 is 0 Å². The van der Waals surface area contributed by atoms with Gasteiger partial charge in [0, 0.05) is 24.9 Å². The molecule has 1 atom stereocenters. The first-order chi connectivity index (χ1) is 7.40. The van der Waals surface area contributed by atoms with Crippen LogP contribution in [0.4, 0.5) is 0 Å². The zero-order chi connectivity index (χ0) is 10.5. The molecule has 3 heteroatoms. The Labute approximate surface area is 91.7 Å². The van der Waals surface area contributed by atoms with Gasteiger partial charge in [0.2, 0.25) is 0 Å². The molecule has 1 unspecified atom stereocenters. The molecule has 0 amide bonds. The highest BCUT2D eigenvalue weighted by atomic mass is 14.9. The van der Waals surface area contributed by atoms with E-state index in [-0.39, 0.29) is 0 Å². The van der Waals surface area contributed by atoms with Crippen LogP contribution in [0.3, 0.4) is 0 Å². The van der Waals surface area contributed by atoms with Gasteiger partial charge in [-0.25, -0.2) is 4.98 Å². The van der Waals surface area contributed by atoms with E-state index in [2.05, 4.69) is 22.3 Å². The van der Waals surface area contributed by atoms with Gasteiger partial charge in [0.1, 0.15) is 5.82 Å². The maximum atomic E-state index is 4.30. The van der Waals surface area contributed by atoms with Crippen LogP contribution in [0.5, 0.6) is 0 Å². The van der Waals surface area contributed by atoms with Gasteiger partial charge in [-0.05, 0) is 25.8 Å². The Balaban J connectivity index is 1.91. The average Bonchev–Trinajstić information content (AvgIpc) is 2.80. The topological polar surface area (TPSA) is 40.7 Å². The van der Waals surface area contributed by atoms with Crippen LogP contribution in [-0.2, 0) is 6.42 Å². The van der Waals surface area contributed by atoms with Crippen LogP contribution in [0.15, 0.2) is 12.4 Å². The lowest BCUT2D eigenvalue weighted by Gasteiger charge is -2.29. The molecule has 1 aliphatic rings. The van der Waals surface area contributed by atoms with Crippen LogP contribution in [-0.4, -0.2) is 23.1 Å². The van der Waals surface area contributed by atoms with Crippen molar-refractivity contribution in [3.8, 4) is 0 Å². The van der Waals surface area contributed by atoms with Gasteiger partial charge in [-0.15, -0.1) is 0 Å². The summed E-state index contributed by atoms with van der Waals surface area (Å²) >= 11 is 0. The Morgan fingerprint density at radius 2 is 2.27 bits per heavy atom. The number of hydrogen-bond donors (Lipinski definition) is 2. The van der Waals surface area contributed by atoms with Crippen molar-refractivity contribution in [2.75, 3.05) is 7.05 Å². The highest BCUT2D eigenvalue weighted by Gasteiger charge is 2.22. The minimum absolute atomic E-state index is 0.594. The van der Waals surface area contributed by atoms with E-state index in [0.717, 1.165) is 18.2 Å². The van der Waals surface area contributed by atoms with Crippen molar-refractivity contribution in [2.45, 2.75) is 44.6 Å². The lowest BCUT2D eigenvalue weighted by Crippen LogP contribution is -2.36. The molecule has 0 radical (unpaired) electrons. The highest BCUT2D eigenvalue weighted by Crippen LogP contribution is 2.27. The molecule has 0 bridgehead atoms. The van der Waals surface area contributed by atoms with Crippen LogP contribution in [0.25, 0.3) is 0 Å². The van der Waals surface area contributed by atoms with Crippen molar-refractivity contribution in [2.24, 2.45) is 5.92 Å². The first-order valence-electron chi connectivity index (χ1n) is 6.05. The van der Waals surface area contributed by atoms with Crippen molar-refractivity contribution in [3.05, 3.63) is 18.2 Å². The minimum atomic E-state index is 0.594. The van der Waals surface area contributed by atoms with Gasteiger partial charge in [-0.2, -0.15) is 0 Å². The molecule has 84 valence electrons. The zero-order valence-corrected chi connectivity index (χ0v) is 9.50. The van der Waals surface area contributed by atoms with Crippen molar-refractivity contribution in [3.63, 3.8) is 0 Å². The van der Waals surface area contributed by atoms with E-state index in [1.54, 1.807) is 0 Å². The van der Waals surface area contributed by atoms with Crippen LogP contribution >= 0.6 is 0 Å². The first-order valence-corrected chi connectivity index (χ1v) is 6.05. The Hall–Kier alpha value is -0.830. The predicted octanol–water partition coefficient (Wildman–Crippen LogP) is 2.12. The smallest absolute Gasteiger partial charge is 0.107 e. The summed E-state index contributed by atoms with van der Waals surface area (Å²) in [5, 5.41) is 3.45. The number of nitrogens with one attached hydrogen (secondary N) is 2. The van der Waals surface area contributed by atoms with E-state index in [0.29, 0.717) is 6.04 Å². The van der Waals surface area contributed by atoms with Gasteiger partial charge in [-0.3, -0.25) is 0 Å². The van der Waals surface area contributed by atoms with E-state index >= 15 is 0 Å². The summed E-state index contributed by atoms with van der Waals surface area (Å²) in [6.45, 7) is 0. The third-order valence-electron chi connectivity index (χ3n) is 3.56. The third kappa shape index (κ3) is 2.81. The molecular weight excluding hydrogens is 186 g/mol. The summed E-state index contributed by atoms with van der Waals surface area (Å²) < 4.78 is 0. The molecule has 15 heavy (non-hydrogen) atoms. The van der Waals surface area contributed by atoms with Gasteiger partial charge < -0.3 is 10.3 Å². The summed E-state index contributed by atoms with van der Waals surface area (Å²) in [4.78, 5) is 7.49. The fourth-order valence-electron chi connectivity index (χ4n) is 2.66. The minimum Gasteiger partial charge on any atom is -0.349 e. The molecule has 2 N–H and O–H groups in total. The monoisotopic (exact) mass is 207 g/mol. The molecule has 1 fully saturated rings. The largest absolute Gasteiger partial charge is 0.349 e. The SMILES string of the molecule is CNC(Cc1ncc[nH]1)C1CCCCC1. The number of rotatable bonds is 4. The van der Waals surface area contributed by atoms with E-state index in [4.69, 9.17) is 0 Å². The van der Waals surface area contributed by atoms with Crippen LogP contribution in [0.1, 0.15) is 37.9 Å². The average molecular weight is 207 g/mol. The molecular formula is C12H21N3. The maximum absolute atomic E-state index is 4.30. The second kappa shape index (κ2) is 5.31. The predicted molar refractivity (Wildman–Crippen MR) is 61.7 cm³/mol. The lowest BCUT2D eigenvalue weighted by molar-refractivity contribution is 0.274. The number of aromatic nitrogens is 2. The second-order valence-corrected chi connectivity index (χ2v) is 4.53. The summed E-state index contributed by atoms with van der Waals surface area (Å²) in [5.41, 5.74) is 0. The third-order valence-corrected chi connectivity index (χ3v) is 3.56. The molecule has 3 nitrogen and oxygen atoms in total. The molecule has 1 aromatic heterocycles. The van der Waals surface area contributed by atoms with Gasteiger partial charge in [0.25, 0.3) is 0 Å². The Morgan fingerprint density at radius 1 is 1.47 bits per heavy atom. The number of H-pyrrole nitrogens is 1. The van der Waals surface area contributed by atoms with Gasteiger partial charge in [0.15, 0.2) is 0 Å². The molecule has 0 saturated heterocycles. The van der Waals surface area contributed by atoms with Crippen molar-refractivity contribution >= 4 is 0 Å². The molecule has 2 rings (SSSR count). The van der Waals surface area contributed by atoms with Crippen molar-refractivity contribution in [1.82, 2.24) is 15.3 Å². The molecule has 1 aliphatic carbocycles. The van der Waals surface area contributed by atoms with Crippen molar-refractivity contribution in [1.29, 1.82) is 0 Å². The van der Waals surface area contributed by atoms with E-state index in [1.807, 2.05) is 12.4 Å². The molecule has 0 spiro atoms. The summed E-state index contributed by atoms with van der Waals surface area (Å²) in [7, 11) is 2.07. The maximum Gasteiger partial charge on any atom is 0.107 e. The molecule has 1 aromatic rings. The lowest BCUT2D eigenvalue weighted by atomic mass is 9.82. The fourth-order valence-corrected chi connectivity index (χ4v) is 2.66. The number of imidazole rings is 1. The van der Waals surface area contributed by atoms with Gasteiger partial charge in [-0.1, -0.05) is 19.3 Å². The molecule has 0 aromatic carbocycles. The second-order valence-electron chi connectivity index (χ2n) is 4.53. The molecule has 0 aliphatic heterocycles. The normalized spacial score (nSPS) is 20.3. The summed E-state index contributed by atoms with van der Waals surface area (Å²) in [5.74, 6) is 1.95. The number of hydrogen-bond acceptors (Lipinski definition) is 2. The fraction of sp³-hybridized carbons (Fsp3) is 0.750. The van der Waals surface area contributed by atoms with Crippen LogP contribution in [0.2, 0.25) is 0 Å². The Morgan fingerprint density at radius 3 is 2.87 bits per heavy atom. The Kier molecular flexibility index (Phi) is 3.78. The molecule has 1 heterocycles. The van der Waals surface area contributed by atoms with Crippen LogP contribution in [0, 0.1) is 5.92 Å². The first kappa shape index (κ1) is 10.7. The molecule has 1 saturated carbocycles. The van der Waals surface area contributed by atoms with E-state index in [1.165, 1.54) is 32.1 Å². The van der Waals surface area contributed by atoms with Gasteiger partial charge in [0.05, 0.1) is 0 Å². The van der Waals surface area contributed by atoms with Crippen LogP contribution < -0.4 is 5.32 Å². The zero-order valence-electron chi connectivity index (χ0n) is 9.50. The number of aromatic amines is 1. The number of nitrogens with zero attached hydrogens (tertiary/aromatic N) is 1. The quantitative estimate of drug-likeness (QED) is 0.794. The summed E-state index contributed by atoms with van der Waals surface area (Å²) in [6.07, 6.45) is 11.8. The standard InChI is InChI=1S/C12H21N3/c1-13-11(9-12-14-7-8-15-12)10-5-3-2-4-6-10/h7-8,10-11,13H,2-6,9H2,1H3,(H,14,15). The van der Waals surface area contributed by atoms with E-state index < -0.39 is 0 Å². The number of likely N-dealkylation sites (N-methyl/N-ethyl adjacent to an activating group) is 1. The highest BCUT2D eigenvalue weighted by molar-refractivity contribution is 4.93.